The molecule has 0 aliphatic carbocycles. The van der Waals surface area contributed by atoms with Crippen LogP contribution in [-0.2, 0) is 19.2 Å². The maximum atomic E-state index is 12.1. The van der Waals surface area contributed by atoms with Gasteiger partial charge in [-0.05, 0) is 13.8 Å². The first-order valence-corrected chi connectivity index (χ1v) is 9.27. The first-order valence-electron chi connectivity index (χ1n) is 9.27. The third-order valence-electron chi connectivity index (χ3n) is 4.02. The largest absolute Gasteiger partial charge is 0.478 e. The third kappa shape index (κ3) is 8.54. The molecule has 0 aromatic carbocycles. The summed E-state index contributed by atoms with van der Waals surface area (Å²) in [6.07, 6.45) is -0.280. The second kappa shape index (κ2) is 9.71. The lowest BCUT2D eigenvalue weighted by molar-refractivity contribution is -0.136. The minimum atomic E-state index is -1.36. The quantitative estimate of drug-likeness (QED) is 0.464. The molecule has 0 aliphatic heterocycles. The van der Waals surface area contributed by atoms with Crippen LogP contribution in [0.3, 0.4) is 0 Å². The van der Waals surface area contributed by atoms with Crippen molar-refractivity contribution in [2.45, 2.75) is 80.3 Å². The van der Waals surface area contributed by atoms with Gasteiger partial charge in [-0.2, -0.15) is 0 Å². The molecule has 4 N–H and O–H groups in total. The predicted molar refractivity (Wildman–Crippen MR) is 106 cm³/mol. The Kier molecular flexibility index (Phi) is 8.88. The number of aliphatic carboxylic acids is 2. The van der Waals surface area contributed by atoms with Crippen molar-refractivity contribution in [3.63, 3.8) is 0 Å². The molecule has 0 spiro atoms. The molecule has 2 atom stereocenters. The molecule has 0 unspecified atom stereocenters. The molecule has 8 heteroatoms. The van der Waals surface area contributed by atoms with Gasteiger partial charge in [0.15, 0.2) is 0 Å². The van der Waals surface area contributed by atoms with Crippen molar-refractivity contribution in [1.82, 2.24) is 10.6 Å². The van der Waals surface area contributed by atoms with Crippen LogP contribution >= 0.6 is 0 Å². The molecule has 160 valence electrons. The molecule has 0 rings (SSSR count). The molecule has 0 aliphatic rings. The van der Waals surface area contributed by atoms with Crippen LogP contribution in [0, 0.1) is 10.8 Å². The minimum Gasteiger partial charge on any atom is -0.478 e. The smallest absolute Gasteiger partial charge is 0.332 e. The van der Waals surface area contributed by atoms with E-state index in [0.717, 1.165) is 0 Å². The maximum Gasteiger partial charge on any atom is 0.332 e. The van der Waals surface area contributed by atoms with E-state index in [0.29, 0.717) is 0 Å². The molecule has 0 saturated carbocycles. The Hall–Kier alpha value is -2.38. The van der Waals surface area contributed by atoms with Gasteiger partial charge in [-0.1, -0.05) is 41.5 Å². The average Bonchev–Trinajstić information content (AvgIpc) is 2.48. The Morgan fingerprint density at radius 2 is 0.929 bits per heavy atom. The summed E-state index contributed by atoms with van der Waals surface area (Å²) >= 11 is 0. The predicted octanol–water partition coefficient (Wildman–Crippen LogP) is 2.33. The van der Waals surface area contributed by atoms with Crippen LogP contribution in [-0.4, -0.2) is 46.0 Å². The molecular weight excluding hydrogens is 364 g/mol. The summed E-state index contributed by atoms with van der Waals surface area (Å²) in [5.41, 5.74) is -1.87. The molecule has 2 amide bonds. The zero-order chi connectivity index (χ0) is 22.4. The Bertz CT molecular complexity index is 597. The fourth-order valence-electron chi connectivity index (χ4n) is 2.27. The summed E-state index contributed by atoms with van der Waals surface area (Å²) in [5, 5.41) is 24.5. The molecule has 0 radical (unpaired) electrons. The normalized spacial score (nSPS) is 15.1. The Morgan fingerprint density at radius 3 is 1.11 bits per heavy atom. The summed E-state index contributed by atoms with van der Waals surface area (Å²) in [7, 11) is 0. The summed E-state index contributed by atoms with van der Waals surface area (Å²) < 4.78 is 0. The molecule has 0 aromatic rings. The van der Waals surface area contributed by atoms with E-state index in [1.165, 1.54) is 0 Å². The molecule has 0 heterocycles. The van der Waals surface area contributed by atoms with Crippen molar-refractivity contribution in [1.29, 1.82) is 0 Å². The lowest BCUT2D eigenvalue weighted by atomic mass is 9.92. The van der Waals surface area contributed by atoms with E-state index in [1.807, 2.05) is 0 Å². The number of rotatable bonds is 8. The topological polar surface area (TPSA) is 133 Å². The second-order valence-electron chi connectivity index (χ2n) is 9.22. The van der Waals surface area contributed by atoms with E-state index in [9.17, 15) is 29.4 Å². The number of amides is 2. The highest BCUT2D eigenvalue weighted by Gasteiger charge is 2.28. The Balaban J connectivity index is 5.53. The van der Waals surface area contributed by atoms with Crippen LogP contribution in [0.1, 0.15) is 68.2 Å². The highest BCUT2D eigenvalue weighted by atomic mass is 16.4. The van der Waals surface area contributed by atoms with Crippen LogP contribution in [0.15, 0.2) is 11.1 Å². The van der Waals surface area contributed by atoms with Crippen molar-refractivity contribution in [2.75, 3.05) is 0 Å². The fourth-order valence-corrected chi connectivity index (χ4v) is 2.27. The molecule has 0 bridgehead atoms. The van der Waals surface area contributed by atoms with Gasteiger partial charge in [-0.25, -0.2) is 9.59 Å². The number of carbonyl (C=O) groups is 4. The van der Waals surface area contributed by atoms with Gasteiger partial charge in [0, 0.05) is 46.9 Å². The number of hydrogen-bond donors (Lipinski definition) is 4. The van der Waals surface area contributed by atoms with Gasteiger partial charge >= 0.3 is 11.9 Å². The standard InChI is InChI=1S/C20H34N2O6/c1-11(21-17(27)19(3,4)5)9-13(15(23)24)14(16(25)26)10-12(2)22-18(28)20(6,7)8/h11-12H,9-10H2,1-8H3,(H,21,27)(H,22,28)(H,23,24)(H,25,26)/b14-13+/t11-,12-/m0/s1. The first kappa shape index (κ1) is 25.6. The van der Waals surface area contributed by atoms with Crippen molar-refractivity contribution < 1.29 is 29.4 Å². The minimum absolute atomic E-state index is 0.140. The molecule has 28 heavy (non-hydrogen) atoms. The van der Waals surface area contributed by atoms with Crippen molar-refractivity contribution >= 4 is 23.8 Å². The van der Waals surface area contributed by atoms with Crippen LogP contribution in [0.25, 0.3) is 0 Å². The molecule has 0 fully saturated rings. The molecular formula is C20H34N2O6. The highest BCUT2D eigenvalue weighted by molar-refractivity contribution is 5.99. The van der Waals surface area contributed by atoms with Crippen molar-refractivity contribution in [3.05, 3.63) is 11.1 Å². The number of carboxylic acids is 2. The van der Waals surface area contributed by atoms with Crippen molar-refractivity contribution in [2.24, 2.45) is 10.8 Å². The maximum absolute atomic E-state index is 12.1. The van der Waals surface area contributed by atoms with E-state index in [2.05, 4.69) is 10.6 Å². The van der Waals surface area contributed by atoms with Crippen LogP contribution in [0.2, 0.25) is 0 Å². The second-order valence-corrected chi connectivity index (χ2v) is 9.22. The van der Waals surface area contributed by atoms with Gasteiger partial charge < -0.3 is 20.8 Å². The Labute approximate surface area is 166 Å². The summed E-state index contributed by atoms with van der Waals surface area (Å²) in [6.45, 7) is 13.6. The van der Waals surface area contributed by atoms with Gasteiger partial charge in [0.2, 0.25) is 11.8 Å². The third-order valence-corrected chi connectivity index (χ3v) is 4.02. The Morgan fingerprint density at radius 1 is 0.679 bits per heavy atom. The van der Waals surface area contributed by atoms with E-state index >= 15 is 0 Å². The van der Waals surface area contributed by atoms with Crippen LogP contribution < -0.4 is 10.6 Å². The van der Waals surface area contributed by atoms with E-state index in [-0.39, 0.29) is 35.8 Å². The fraction of sp³-hybridized carbons (Fsp3) is 0.700. The number of carboxylic acid groups (broad SMARTS) is 2. The summed E-state index contributed by atoms with van der Waals surface area (Å²) in [5.74, 6) is -3.23. The van der Waals surface area contributed by atoms with Gasteiger partial charge in [0.25, 0.3) is 0 Å². The number of carbonyl (C=O) groups excluding carboxylic acids is 2. The van der Waals surface area contributed by atoms with Gasteiger partial charge in [0.1, 0.15) is 0 Å². The zero-order valence-corrected chi connectivity index (χ0v) is 18.1. The monoisotopic (exact) mass is 398 g/mol. The van der Waals surface area contributed by atoms with E-state index in [1.54, 1.807) is 55.4 Å². The van der Waals surface area contributed by atoms with E-state index < -0.39 is 34.9 Å². The zero-order valence-electron chi connectivity index (χ0n) is 18.1. The van der Waals surface area contributed by atoms with Gasteiger partial charge in [-0.3, -0.25) is 9.59 Å². The molecule has 0 saturated heterocycles. The molecule has 0 aromatic heterocycles. The lowest BCUT2D eigenvalue weighted by Crippen LogP contribution is -2.42. The van der Waals surface area contributed by atoms with Crippen molar-refractivity contribution in [3.8, 4) is 0 Å². The lowest BCUT2D eigenvalue weighted by Gasteiger charge is -2.24. The number of nitrogens with one attached hydrogen (secondary N) is 2. The summed E-state index contributed by atoms with van der Waals surface area (Å²) in [4.78, 5) is 47.6. The highest BCUT2D eigenvalue weighted by Crippen LogP contribution is 2.20. The molecule has 8 nitrogen and oxygen atoms in total. The van der Waals surface area contributed by atoms with E-state index in [4.69, 9.17) is 0 Å². The SMILES string of the molecule is C[C@@H](C/C(C(=O)O)=C(/C[C@H](C)NC(=O)C(C)(C)C)C(=O)O)NC(=O)C(C)(C)C. The first-order chi connectivity index (χ1) is 12.5. The van der Waals surface area contributed by atoms with Crippen LogP contribution in [0.4, 0.5) is 0 Å². The van der Waals surface area contributed by atoms with Crippen LogP contribution in [0.5, 0.6) is 0 Å². The number of hydrogen-bond acceptors (Lipinski definition) is 4. The van der Waals surface area contributed by atoms with Gasteiger partial charge in [0.05, 0.1) is 0 Å². The average molecular weight is 399 g/mol. The summed E-state index contributed by atoms with van der Waals surface area (Å²) in [6, 6.07) is -1.13. The van der Waals surface area contributed by atoms with Gasteiger partial charge in [-0.15, -0.1) is 0 Å².